The second-order valence-electron chi connectivity index (χ2n) is 9.66. The van der Waals surface area contributed by atoms with Gasteiger partial charge in [0.15, 0.2) is 22.5 Å². The summed E-state index contributed by atoms with van der Waals surface area (Å²) < 4.78 is 27.0. The van der Waals surface area contributed by atoms with Crippen molar-refractivity contribution in [2.75, 3.05) is 0 Å². The fraction of sp³-hybridized carbons (Fsp3) is 0.111. The van der Waals surface area contributed by atoms with E-state index in [2.05, 4.69) is 9.97 Å². The van der Waals surface area contributed by atoms with E-state index in [0.29, 0.717) is 29.5 Å². The van der Waals surface area contributed by atoms with Gasteiger partial charge in [-0.05, 0) is 66.1 Å². The Balaban J connectivity index is 1.32. The van der Waals surface area contributed by atoms with Crippen LogP contribution in [0.25, 0.3) is 45.1 Å². The minimum atomic E-state index is -4.50. The zero-order chi connectivity index (χ0) is 29.1. The third-order valence-corrected chi connectivity index (χ3v) is 8.51. The Labute approximate surface area is 233 Å². The number of hydrogen-bond acceptors (Lipinski definition) is 6. The van der Waals surface area contributed by atoms with Gasteiger partial charge < -0.3 is 28.7 Å². The summed E-state index contributed by atoms with van der Waals surface area (Å²) in [5.41, 5.74) is 5.27. The van der Waals surface area contributed by atoms with Crippen molar-refractivity contribution in [1.82, 2.24) is 29.1 Å². The molecule has 6 rings (SSSR count). The Hall–Kier alpha value is -4.02. The second kappa shape index (κ2) is 9.81. The smallest absolute Gasteiger partial charge is 0.326 e. The molecule has 41 heavy (non-hydrogen) atoms. The molecule has 0 aliphatic rings. The van der Waals surface area contributed by atoms with E-state index in [1.165, 1.54) is 12.1 Å². The molecule has 6 aromatic rings. The lowest BCUT2D eigenvalue weighted by Gasteiger charge is -2.06. The van der Waals surface area contributed by atoms with Crippen molar-refractivity contribution in [2.45, 2.75) is 6.42 Å². The minimum absolute atomic E-state index is 0.305. The van der Waals surface area contributed by atoms with Crippen LogP contribution >= 0.6 is 15.2 Å². The first-order chi connectivity index (χ1) is 19.4. The van der Waals surface area contributed by atoms with Crippen LogP contribution in [0.15, 0.2) is 72.8 Å². The first-order valence-corrected chi connectivity index (χ1v) is 15.6. The maximum absolute atomic E-state index is 11.7. The molecule has 0 spiro atoms. The normalized spacial score (nSPS) is 12.4. The van der Waals surface area contributed by atoms with Crippen LogP contribution in [0.3, 0.4) is 0 Å². The molecule has 0 aliphatic carbocycles. The van der Waals surface area contributed by atoms with Gasteiger partial charge in [0.25, 0.3) is 0 Å². The largest absolute Gasteiger partial charge is 0.374 e. The molecule has 14 heteroatoms. The maximum Gasteiger partial charge on any atom is 0.374 e. The van der Waals surface area contributed by atoms with Gasteiger partial charge in [0.05, 0.1) is 22.1 Å². The topological polar surface area (TPSA) is 176 Å². The Bertz CT molecular complexity index is 1930. The van der Waals surface area contributed by atoms with Crippen LogP contribution in [0, 0.1) is 0 Å². The van der Waals surface area contributed by atoms with E-state index in [9.17, 15) is 28.7 Å². The van der Waals surface area contributed by atoms with Gasteiger partial charge in [0.2, 0.25) is 0 Å². The monoisotopic (exact) mass is 590 g/mol. The first-order valence-electron chi connectivity index (χ1n) is 12.4. The number of benzene rings is 2. The van der Waals surface area contributed by atoms with Crippen molar-refractivity contribution in [1.29, 1.82) is 0 Å². The summed E-state index contributed by atoms with van der Waals surface area (Å²) in [6, 6.07) is 20.8. The van der Waals surface area contributed by atoms with E-state index < -0.39 is 15.2 Å². The van der Waals surface area contributed by atoms with Crippen molar-refractivity contribution in [2.24, 2.45) is 14.1 Å². The van der Waals surface area contributed by atoms with Gasteiger partial charge in [-0.25, -0.2) is 19.9 Å². The first kappa shape index (κ1) is 27.2. The van der Waals surface area contributed by atoms with Crippen molar-refractivity contribution >= 4 is 48.1 Å². The Kier molecular flexibility index (Phi) is 6.50. The number of aryl methyl sites for hydroxylation is 2. The molecule has 4 aromatic heterocycles. The van der Waals surface area contributed by atoms with E-state index in [1.807, 2.05) is 59.6 Å². The summed E-state index contributed by atoms with van der Waals surface area (Å²) in [5, 5.41) is 0. The number of pyridine rings is 2. The molecule has 0 bridgehead atoms. The third-order valence-electron chi connectivity index (χ3n) is 6.82. The van der Waals surface area contributed by atoms with Crippen molar-refractivity contribution in [3.8, 4) is 23.0 Å². The molecule has 4 heterocycles. The number of rotatable bonds is 6. The molecular formula is C27H24N6O6P2. The number of aromatic nitrogens is 6. The Morgan fingerprint density at radius 3 is 1.41 bits per heavy atom. The quantitative estimate of drug-likeness (QED) is 0.211. The van der Waals surface area contributed by atoms with Crippen LogP contribution in [0.2, 0.25) is 0 Å². The summed E-state index contributed by atoms with van der Waals surface area (Å²) in [7, 11) is -5.34. The van der Waals surface area contributed by atoms with Crippen molar-refractivity contribution in [3.63, 3.8) is 0 Å². The number of imidazole rings is 2. The second-order valence-corrected chi connectivity index (χ2v) is 12.8. The highest BCUT2D eigenvalue weighted by molar-refractivity contribution is 7.60. The highest BCUT2D eigenvalue weighted by Gasteiger charge is 2.22. The lowest BCUT2D eigenvalue weighted by atomic mass is 10.0. The molecule has 2 aromatic carbocycles. The van der Waals surface area contributed by atoms with Crippen LogP contribution in [-0.4, -0.2) is 48.6 Å². The molecule has 0 amide bonds. The van der Waals surface area contributed by atoms with E-state index >= 15 is 0 Å². The number of nitrogens with zero attached hydrogens (tertiary/aromatic N) is 6. The average Bonchev–Trinajstić information content (AvgIpc) is 3.43. The minimum Gasteiger partial charge on any atom is -0.326 e. The van der Waals surface area contributed by atoms with E-state index in [4.69, 9.17) is 9.97 Å². The zero-order valence-electron chi connectivity index (χ0n) is 21.8. The van der Waals surface area contributed by atoms with Crippen LogP contribution in [-0.2, 0) is 29.6 Å². The van der Waals surface area contributed by atoms with Gasteiger partial charge in [0.1, 0.15) is 11.4 Å². The average molecular weight is 590 g/mol. The molecule has 0 saturated carbocycles. The highest BCUT2D eigenvalue weighted by Crippen LogP contribution is 2.34. The van der Waals surface area contributed by atoms with E-state index in [1.54, 1.807) is 24.3 Å². The fourth-order valence-electron chi connectivity index (χ4n) is 4.82. The van der Waals surface area contributed by atoms with Crippen LogP contribution in [0.5, 0.6) is 0 Å². The molecule has 0 aliphatic heterocycles. The van der Waals surface area contributed by atoms with Crippen molar-refractivity contribution in [3.05, 3.63) is 83.9 Å². The molecule has 0 fully saturated rings. The van der Waals surface area contributed by atoms with Crippen molar-refractivity contribution < 1.29 is 28.7 Å². The van der Waals surface area contributed by atoms with E-state index in [0.717, 1.165) is 33.2 Å². The van der Waals surface area contributed by atoms with Crippen LogP contribution < -0.4 is 10.9 Å². The van der Waals surface area contributed by atoms with Gasteiger partial charge in [0, 0.05) is 14.1 Å². The zero-order valence-corrected chi connectivity index (χ0v) is 23.6. The molecule has 12 nitrogen and oxygen atoms in total. The summed E-state index contributed by atoms with van der Waals surface area (Å²) in [6.45, 7) is 0. The van der Waals surface area contributed by atoms with Crippen LogP contribution in [0.1, 0.15) is 11.1 Å². The van der Waals surface area contributed by atoms with E-state index in [-0.39, 0.29) is 10.9 Å². The molecule has 208 valence electrons. The Morgan fingerprint density at radius 1 is 0.610 bits per heavy atom. The molecule has 4 N–H and O–H groups in total. The highest BCUT2D eigenvalue weighted by atomic mass is 31.2. The van der Waals surface area contributed by atoms with Gasteiger partial charge in [-0.2, -0.15) is 0 Å². The van der Waals surface area contributed by atoms with Crippen LogP contribution in [0.4, 0.5) is 0 Å². The van der Waals surface area contributed by atoms with Gasteiger partial charge in [-0.3, -0.25) is 9.13 Å². The molecule has 0 atom stereocenters. The molecule has 0 radical (unpaired) electrons. The SMILES string of the molecule is Cn1c(-c2cccc(P(=O)(O)O)n2)nc2cc(Cc3ccc4c(c3)nc(-c3cccc(P(=O)(O)O)n3)n4C)ccc21. The number of fused-ring (bicyclic) bond motifs is 2. The molecular weight excluding hydrogens is 566 g/mol. The summed E-state index contributed by atoms with van der Waals surface area (Å²) in [4.78, 5) is 55.7. The summed E-state index contributed by atoms with van der Waals surface area (Å²) >= 11 is 0. The molecule has 0 saturated heterocycles. The lowest BCUT2D eigenvalue weighted by molar-refractivity contribution is 0.384. The third kappa shape index (κ3) is 5.13. The molecule has 0 unspecified atom stereocenters. The maximum atomic E-state index is 11.7. The predicted octanol–water partition coefficient (Wildman–Crippen LogP) is 2.78. The van der Waals surface area contributed by atoms with Gasteiger partial charge in [-0.1, -0.05) is 24.3 Å². The lowest BCUT2D eigenvalue weighted by Crippen LogP contribution is -2.10. The standard InChI is InChI=1S/C27H24N6O6P2/c1-32-22-11-9-16(14-20(22)30-26(32)18-5-3-7-24(28-18)40(34,35)36)13-17-10-12-23-21(15-17)31-27(33(23)2)19-6-4-8-25(29-19)41(37,38)39/h3-12,14-15H,13H2,1-2H3,(H2,34,35,36)(H2,37,38,39). The van der Waals surface area contributed by atoms with Gasteiger partial charge in [-0.15, -0.1) is 0 Å². The summed E-state index contributed by atoms with van der Waals surface area (Å²) in [5.74, 6) is 0.984. The Morgan fingerprint density at radius 2 is 1.02 bits per heavy atom. The number of hydrogen-bond donors (Lipinski definition) is 4. The summed E-state index contributed by atoms with van der Waals surface area (Å²) in [6.07, 6.45) is 0.599. The fourth-order valence-corrected chi connectivity index (χ4v) is 5.86. The predicted molar refractivity (Wildman–Crippen MR) is 154 cm³/mol. The van der Waals surface area contributed by atoms with Gasteiger partial charge >= 0.3 is 15.2 Å².